The van der Waals surface area contributed by atoms with Gasteiger partial charge in [-0.3, -0.25) is 4.90 Å². The van der Waals surface area contributed by atoms with E-state index in [2.05, 4.69) is 56.0 Å². The van der Waals surface area contributed by atoms with Gasteiger partial charge in [0.2, 0.25) is 0 Å². The van der Waals surface area contributed by atoms with Crippen LogP contribution in [0.4, 0.5) is 0 Å². The van der Waals surface area contributed by atoms with Crippen LogP contribution in [-0.2, 0) is 6.54 Å². The number of rotatable bonds is 7. The lowest BCUT2D eigenvalue weighted by atomic mass is 10.0. The molecule has 0 bridgehead atoms. The minimum absolute atomic E-state index is 0.190. The molecule has 2 N–H and O–H groups in total. The van der Waals surface area contributed by atoms with Gasteiger partial charge in [0.1, 0.15) is 0 Å². The number of thiophene rings is 2. The maximum atomic E-state index is 6.51. The zero-order valence-corrected chi connectivity index (χ0v) is 15.4. The summed E-state index contributed by atoms with van der Waals surface area (Å²) in [7, 11) is 0. The molecule has 2 heterocycles. The summed E-state index contributed by atoms with van der Waals surface area (Å²) in [5.41, 5.74) is 7.92. The summed E-state index contributed by atoms with van der Waals surface area (Å²) in [5, 5.41) is 6.59. The summed E-state index contributed by atoms with van der Waals surface area (Å²) in [4.78, 5) is 4.02. The van der Waals surface area contributed by atoms with Crippen LogP contribution in [0.25, 0.3) is 0 Å². The minimum atomic E-state index is 0.190. The Hall–Kier alpha value is -0.200. The van der Waals surface area contributed by atoms with Gasteiger partial charge in [0, 0.05) is 33.4 Å². The van der Waals surface area contributed by atoms with E-state index < -0.39 is 0 Å². The van der Waals surface area contributed by atoms with Crippen molar-refractivity contribution in [3.63, 3.8) is 0 Å². The Morgan fingerprint density at radius 1 is 1.43 bits per heavy atom. The normalized spacial score (nSPS) is 18.1. The first-order valence-electron chi connectivity index (χ1n) is 7.45. The number of hydrogen-bond acceptors (Lipinski definition) is 4. The highest BCUT2D eigenvalue weighted by Gasteiger charge is 2.37. The fraction of sp³-hybridized carbons (Fsp3) is 0.500. The highest BCUT2D eigenvalue weighted by atomic mass is 79.9. The first kappa shape index (κ1) is 15.7. The molecule has 1 aliphatic rings. The molecular formula is C16H21BrN2S2. The molecule has 2 unspecified atom stereocenters. The summed E-state index contributed by atoms with van der Waals surface area (Å²) < 4.78 is 1.17. The molecule has 1 saturated carbocycles. The first-order valence-corrected chi connectivity index (χ1v) is 10.1. The lowest BCUT2D eigenvalue weighted by Crippen LogP contribution is -2.41. The Kier molecular flexibility index (Phi) is 5.17. The molecule has 2 nitrogen and oxygen atoms in total. The second-order valence-corrected chi connectivity index (χ2v) is 8.36. The summed E-state index contributed by atoms with van der Waals surface area (Å²) in [6, 6.07) is 5.70. The molecule has 2 atom stereocenters. The van der Waals surface area contributed by atoms with E-state index in [1.807, 2.05) is 11.3 Å². The van der Waals surface area contributed by atoms with Crippen molar-refractivity contribution >= 4 is 38.6 Å². The highest BCUT2D eigenvalue weighted by Crippen LogP contribution is 2.40. The van der Waals surface area contributed by atoms with Gasteiger partial charge in [-0.1, -0.05) is 6.92 Å². The Balaban J connectivity index is 1.88. The van der Waals surface area contributed by atoms with E-state index in [9.17, 15) is 0 Å². The molecule has 3 rings (SSSR count). The summed E-state index contributed by atoms with van der Waals surface area (Å²) >= 11 is 7.18. The van der Waals surface area contributed by atoms with Gasteiger partial charge in [-0.25, -0.2) is 0 Å². The Morgan fingerprint density at radius 2 is 2.24 bits per heavy atom. The van der Waals surface area contributed by atoms with Crippen LogP contribution in [0, 0.1) is 0 Å². The zero-order chi connectivity index (χ0) is 14.8. The SMILES string of the molecule is CCC(N)C(c1cc(Br)cs1)N(Cc1ccsc1)C1CC1. The van der Waals surface area contributed by atoms with Crippen LogP contribution in [0.5, 0.6) is 0 Å². The fourth-order valence-electron chi connectivity index (χ4n) is 2.78. The van der Waals surface area contributed by atoms with Crippen molar-refractivity contribution in [3.05, 3.63) is 43.2 Å². The van der Waals surface area contributed by atoms with Gasteiger partial charge in [-0.15, -0.1) is 11.3 Å². The average molecular weight is 385 g/mol. The molecule has 0 spiro atoms. The monoisotopic (exact) mass is 384 g/mol. The van der Waals surface area contributed by atoms with Crippen LogP contribution in [0.15, 0.2) is 32.7 Å². The van der Waals surface area contributed by atoms with Gasteiger partial charge in [-0.05, 0) is 63.6 Å². The van der Waals surface area contributed by atoms with Crippen molar-refractivity contribution in [3.8, 4) is 0 Å². The Bertz CT molecular complexity index is 563. The van der Waals surface area contributed by atoms with Crippen molar-refractivity contribution in [1.29, 1.82) is 0 Å². The van der Waals surface area contributed by atoms with E-state index >= 15 is 0 Å². The van der Waals surface area contributed by atoms with Gasteiger partial charge in [0.15, 0.2) is 0 Å². The lowest BCUT2D eigenvalue weighted by Gasteiger charge is -2.35. The average Bonchev–Trinajstić information content (AvgIpc) is 3.03. The van der Waals surface area contributed by atoms with Gasteiger partial charge >= 0.3 is 0 Å². The van der Waals surface area contributed by atoms with Crippen molar-refractivity contribution in [2.45, 2.75) is 50.9 Å². The van der Waals surface area contributed by atoms with Crippen LogP contribution >= 0.6 is 38.6 Å². The second-order valence-electron chi connectivity index (χ2n) is 5.72. The molecule has 5 heteroatoms. The molecule has 1 fully saturated rings. The van der Waals surface area contributed by atoms with Crippen molar-refractivity contribution in [1.82, 2.24) is 4.90 Å². The standard InChI is InChI=1S/C16H21BrN2S2/c1-2-14(18)16(15-7-12(17)10-21-15)19(13-3-4-13)8-11-5-6-20-9-11/h5-7,9-10,13-14,16H,2-4,8,18H2,1H3. The third-order valence-corrected chi connectivity index (χ3v) is 6.57. The number of nitrogens with two attached hydrogens (primary N) is 1. The lowest BCUT2D eigenvalue weighted by molar-refractivity contribution is 0.153. The maximum absolute atomic E-state index is 6.51. The summed E-state index contributed by atoms with van der Waals surface area (Å²) in [6.07, 6.45) is 3.63. The van der Waals surface area contributed by atoms with Crippen LogP contribution < -0.4 is 5.73 Å². The maximum Gasteiger partial charge on any atom is 0.0599 e. The minimum Gasteiger partial charge on any atom is -0.326 e. The van der Waals surface area contributed by atoms with E-state index in [-0.39, 0.29) is 6.04 Å². The summed E-state index contributed by atoms with van der Waals surface area (Å²) in [6.45, 7) is 3.21. The number of halogens is 1. The molecule has 0 saturated heterocycles. The zero-order valence-electron chi connectivity index (χ0n) is 12.2. The first-order chi connectivity index (χ1) is 10.2. The van der Waals surface area contributed by atoms with Gasteiger partial charge in [-0.2, -0.15) is 11.3 Å². The van der Waals surface area contributed by atoms with Crippen LogP contribution in [-0.4, -0.2) is 17.0 Å². The topological polar surface area (TPSA) is 29.3 Å². The van der Waals surface area contributed by atoms with E-state index in [0.29, 0.717) is 12.1 Å². The van der Waals surface area contributed by atoms with E-state index in [1.165, 1.54) is 27.8 Å². The van der Waals surface area contributed by atoms with Gasteiger partial charge in [0.25, 0.3) is 0 Å². The quantitative estimate of drug-likeness (QED) is 0.726. The predicted octanol–water partition coefficient (Wildman–Crippen LogP) is 5.02. The molecule has 114 valence electrons. The Morgan fingerprint density at radius 3 is 2.76 bits per heavy atom. The highest BCUT2D eigenvalue weighted by molar-refractivity contribution is 9.10. The molecule has 2 aromatic heterocycles. The number of hydrogen-bond donors (Lipinski definition) is 1. The molecule has 2 aromatic rings. The molecule has 21 heavy (non-hydrogen) atoms. The molecule has 1 aliphatic carbocycles. The second kappa shape index (κ2) is 6.92. The summed E-state index contributed by atoms with van der Waals surface area (Å²) in [5.74, 6) is 0. The van der Waals surface area contributed by atoms with E-state index in [0.717, 1.165) is 13.0 Å². The molecule has 0 amide bonds. The van der Waals surface area contributed by atoms with E-state index in [4.69, 9.17) is 5.73 Å². The molecule has 0 radical (unpaired) electrons. The van der Waals surface area contributed by atoms with Crippen LogP contribution in [0.1, 0.15) is 42.7 Å². The van der Waals surface area contributed by atoms with Crippen molar-refractivity contribution < 1.29 is 0 Å². The molecular weight excluding hydrogens is 364 g/mol. The predicted molar refractivity (Wildman–Crippen MR) is 95.9 cm³/mol. The third kappa shape index (κ3) is 3.77. The van der Waals surface area contributed by atoms with Crippen LogP contribution in [0.2, 0.25) is 0 Å². The van der Waals surface area contributed by atoms with Gasteiger partial charge < -0.3 is 5.73 Å². The van der Waals surface area contributed by atoms with Crippen LogP contribution in [0.3, 0.4) is 0 Å². The largest absolute Gasteiger partial charge is 0.326 e. The van der Waals surface area contributed by atoms with Crippen molar-refractivity contribution in [2.24, 2.45) is 5.73 Å². The Labute approximate surface area is 143 Å². The van der Waals surface area contributed by atoms with E-state index in [1.54, 1.807) is 11.3 Å². The van der Waals surface area contributed by atoms with Gasteiger partial charge in [0.05, 0.1) is 6.04 Å². The molecule has 0 aliphatic heterocycles. The third-order valence-electron chi connectivity index (χ3n) is 4.07. The smallest absolute Gasteiger partial charge is 0.0599 e. The molecule has 0 aromatic carbocycles. The van der Waals surface area contributed by atoms with Crippen molar-refractivity contribution in [2.75, 3.05) is 0 Å². The fourth-order valence-corrected chi connectivity index (χ4v) is 5.08. The number of nitrogens with zero attached hydrogens (tertiary/aromatic N) is 1.